The Kier molecular flexibility index (Phi) is 2.44. The van der Waals surface area contributed by atoms with Gasteiger partial charge in [-0.15, -0.1) is 11.3 Å². The third-order valence-electron chi connectivity index (χ3n) is 3.29. The van der Waals surface area contributed by atoms with Gasteiger partial charge in [0.25, 0.3) is 0 Å². The summed E-state index contributed by atoms with van der Waals surface area (Å²) in [5.74, 6) is 0.661. The molecule has 2 aromatic rings. The van der Waals surface area contributed by atoms with Gasteiger partial charge in [-0.05, 0) is 35.4 Å². The average Bonchev–Trinajstić information content (AvgIpc) is 2.81. The molecule has 16 heavy (non-hydrogen) atoms. The van der Waals surface area contributed by atoms with E-state index in [2.05, 4.69) is 54.0 Å². The maximum absolute atomic E-state index is 3.66. The van der Waals surface area contributed by atoms with Crippen molar-refractivity contribution in [2.75, 3.05) is 5.32 Å². The van der Waals surface area contributed by atoms with Gasteiger partial charge in [0.15, 0.2) is 0 Å². The first-order chi connectivity index (χ1) is 7.84. The second-order valence-electron chi connectivity index (χ2n) is 4.48. The number of anilines is 1. The monoisotopic (exact) mass is 229 g/mol. The number of nitrogens with one attached hydrogen (secondary N) is 1. The average molecular weight is 229 g/mol. The van der Waals surface area contributed by atoms with Crippen LogP contribution in [0.1, 0.15) is 23.4 Å². The highest BCUT2D eigenvalue weighted by molar-refractivity contribution is 7.10. The van der Waals surface area contributed by atoms with E-state index in [0.717, 1.165) is 0 Å². The molecule has 2 heteroatoms. The molecule has 2 unspecified atom stereocenters. The number of benzene rings is 1. The van der Waals surface area contributed by atoms with Crippen molar-refractivity contribution in [3.63, 3.8) is 0 Å². The standard InChI is InChI=1S/C14H15NS/c1-10-9-11-5-2-3-6-12(11)15-14(10)13-7-4-8-16-13/h2-8,10,14-15H,9H2,1H3. The lowest BCUT2D eigenvalue weighted by atomic mass is 9.88. The van der Waals surface area contributed by atoms with Crippen LogP contribution >= 0.6 is 11.3 Å². The molecule has 3 rings (SSSR count). The summed E-state index contributed by atoms with van der Waals surface area (Å²) in [4.78, 5) is 1.45. The minimum Gasteiger partial charge on any atom is -0.377 e. The molecule has 0 spiro atoms. The van der Waals surface area contributed by atoms with E-state index in [0.29, 0.717) is 12.0 Å². The van der Waals surface area contributed by atoms with Crippen LogP contribution < -0.4 is 5.32 Å². The smallest absolute Gasteiger partial charge is 0.0635 e. The van der Waals surface area contributed by atoms with Gasteiger partial charge in [-0.3, -0.25) is 0 Å². The van der Waals surface area contributed by atoms with Crippen LogP contribution in [0, 0.1) is 5.92 Å². The van der Waals surface area contributed by atoms with Gasteiger partial charge >= 0.3 is 0 Å². The fourth-order valence-electron chi connectivity index (χ4n) is 2.43. The molecule has 1 nitrogen and oxygen atoms in total. The van der Waals surface area contributed by atoms with Crippen LogP contribution in [0.2, 0.25) is 0 Å². The zero-order valence-electron chi connectivity index (χ0n) is 9.31. The summed E-state index contributed by atoms with van der Waals surface area (Å²) in [6.07, 6.45) is 1.17. The van der Waals surface area contributed by atoms with Crippen LogP contribution in [-0.4, -0.2) is 0 Å². The number of hydrogen-bond acceptors (Lipinski definition) is 2. The molecule has 82 valence electrons. The minimum atomic E-state index is 0.481. The van der Waals surface area contributed by atoms with Gasteiger partial charge in [-0.25, -0.2) is 0 Å². The van der Waals surface area contributed by atoms with E-state index in [1.807, 2.05) is 11.3 Å². The molecule has 2 atom stereocenters. The van der Waals surface area contributed by atoms with Crippen molar-refractivity contribution in [2.45, 2.75) is 19.4 Å². The summed E-state index contributed by atoms with van der Waals surface area (Å²) in [7, 11) is 0. The SMILES string of the molecule is CC1Cc2ccccc2NC1c1cccs1. The molecule has 0 saturated heterocycles. The van der Waals surface area contributed by atoms with E-state index < -0.39 is 0 Å². The van der Waals surface area contributed by atoms with Crippen LogP contribution in [0.15, 0.2) is 41.8 Å². The zero-order valence-corrected chi connectivity index (χ0v) is 10.1. The van der Waals surface area contributed by atoms with E-state index >= 15 is 0 Å². The quantitative estimate of drug-likeness (QED) is 0.776. The molecule has 1 N–H and O–H groups in total. The number of hydrogen-bond donors (Lipinski definition) is 1. The Morgan fingerprint density at radius 3 is 2.88 bits per heavy atom. The molecule has 1 aromatic carbocycles. The lowest BCUT2D eigenvalue weighted by Gasteiger charge is -2.32. The Bertz CT molecular complexity index is 475. The van der Waals surface area contributed by atoms with Crippen molar-refractivity contribution < 1.29 is 0 Å². The van der Waals surface area contributed by atoms with Gasteiger partial charge in [-0.1, -0.05) is 31.2 Å². The van der Waals surface area contributed by atoms with Crippen LogP contribution in [0.3, 0.4) is 0 Å². The fraction of sp³-hybridized carbons (Fsp3) is 0.286. The number of para-hydroxylation sites is 1. The first-order valence-corrected chi connectivity index (χ1v) is 6.60. The number of rotatable bonds is 1. The van der Waals surface area contributed by atoms with Gasteiger partial charge in [0.05, 0.1) is 6.04 Å². The molecule has 0 aliphatic carbocycles. The van der Waals surface area contributed by atoms with E-state index in [-0.39, 0.29) is 0 Å². The van der Waals surface area contributed by atoms with Crippen LogP contribution in [0.4, 0.5) is 5.69 Å². The van der Waals surface area contributed by atoms with E-state index in [1.54, 1.807) is 0 Å². The highest BCUT2D eigenvalue weighted by Crippen LogP contribution is 2.37. The van der Waals surface area contributed by atoms with Crippen molar-refractivity contribution in [2.24, 2.45) is 5.92 Å². The summed E-state index contributed by atoms with van der Waals surface area (Å²) < 4.78 is 0. The van der Waals surface area contributed by atoms with Crippen LogP contribution in [0.5, 0.6) is 0 Å². The maximum Gasteiger partial charge on any atom is 0.0635 e. The molecule has 1 aliphatic heterocycles. The molecular weight excluding hydrogens is 214 g/mol. The molecule has 0 saturated carbocycles. The molecular formula is C14H15NS. The van der Waals surface area contributed by atoms with Gasteiger partial charge in [0, 0.05) is 10.6 Å². The summed E-state index contributed by atoms with van der Waals surface area (Å²) in [5, 5.41) is 5.82. The number of fused-ring (bicyclic) bond motifs is 1. The van der Waals surface area contributed by atoms with E-state index in [1.165, 1.54) is 22.5 Å². The lowest BCUT2D eigenvalue weighted by molar-refractivity contribution is 0.485. The van der Waals surface area contributed by atoms with Crippen molar-refractivity contribution in [1.29, 1.82) is 0 Å². The first kappa shape index (κ1) is 9.91. The van der Waals surface area contributed by atoms with Crippen LogP contribution in [0.25, 0.3) is 0 Å². The second kappa shape index (κ2) is 3.95. The molecule has 0 fully saturated rings. The van der Waals surface area contributed by atoms with Crippen molar-refractivity contribution >= 4 is 17.0 Å². The molecule has 0 amide bonds. The number of thiophene rings is 1. The molecule has 0 bridgehead atoms. The highest BCUT2D eigenvalue weighted by Gasteiger charge is 2.26. The van der Waals surface area contributed by atoms with E-state index in [9.17, 15) is 0 Å². The molecule has 1 aromatic heterocycles. The summed E-state index contributed by atoms with van der Waals surface area (Å²) >= 11 is 1.85. The summed E-state index contributed by atoms with van der Waals surface area (Å²) in [5.41, 5.74) is 2.75. The van der Waals surface area contributed by atoms with E-state index in [4.69, 9.17) is 0 Å². The Morgan fingerprint density at radius 1 is 1.19 bits per heavy atom. The van der Waals surface area contributed by atoms with Crippen molar-refractivity contribution in [1.82, 2.24) is 0 Å². The molecule has 1 aliphatic rings. The third-order valence-corrected chi connectivity index (χ3v) is 4.24. The van der Waals surface area contributed by atoms with Gasteiger partial charge in [-0.2, -0.15) is 0 Å². The molecule has 0 radical (unpaired) electrons. The Balaban J connectivity index is 1.95. The minimum absolute atomic E-state index is 0.481. The van der Waals surface area contributed by atoms with Gasteiger partial charge in [0.2, 0.25) is 0 Å². The lowest BCUT2D eigenvalue weighted by Crippen LogP contribution is -2.25. The third kappa shape index (κ3) is 1.63. The Morgan fingerprint density at radius 2 is 2.06 bits per heavy atom. The van der Waals surface area contributed by atoms with Crippen molar-refractivity contribution in [3.8, 4) is 0 Å². The summed E-state index contributed by atoms with van der Waals surface area (Å²) in [6, 6.07) is 13.5. The first-order valence-electron chi connectivity index (χ1n) is 5.72. The van der Waals surface area contributed by atoms with Crippen molar-refractivity contribution in [3.05, 3.63) is 52.2 Å². The predicted molar refractivity (Wildman–Crippen MR) is 70.0 cm³/mol. The fourth-order valence-corrected chi connectivity index (χ4v) is 3.34. The topological polar surface area (TPSA) is 12.0 Å². The van der Waals surface area contributed by atoms with Gasteiger partial charge in [0.1, 0.15) is 0 Å². The maximum atomic E-state index is 3.66. The predicted octanol–water partition coefficient (Wildman–Crippen LogP) is 4.09. The second-order valence-corrected chi connectivity index (χ2v) is 5.46. The summed E-state index contributed by atoms with van der Waals surface area (Å²) in [6.45, 7) is 2.33. The normalized spacial score (nSPS) is 23.6. The largest absolute Gasteiger partial charge is 0.377 e. The molecule has 2 heterocycles. The van der Waals surface area contributed by atoms with Gasteiger partial charge < -0.3 is 5.32 Å². The van der Waals surface area contributed by atoms with Crippen LogP contribution in [-0.2, 0) is 6.42 Å². The Labute approximate surface area is 100 Å². The Hall–Kier alpha value is -1.28. The highest BCUT2D eigenvalue weighted by atomic mass is 32.1. The zero-order chi connectivity index (χ0) is 11.0.